The molecular formula is C34H37FN4O6. The number of hydrogen-bond donors (Lipinski definition) is 2. The average molecular weight is 617 g/mol. The molecule has 1 aliphatic carbocycles. The summed E-state index contributed by atoms with van der Waals surface area (Å²) in [7, 11) is 1.46. The summed E-state index contributed by atoms with van der Waals surface area (Å²) in [4.78, 5) is 30.7. The van der Waals surface area contributed by atoms with Crippen LogP contribution in [0.2, 0.25) is 0 Å². The quantitative estimate of drug-likeness (QED) is 0.222. The number of carboxylic acids is 1. The number of carbonyl (C=O) groups is 2. The number of anilines is 2. The van der Waals surface area contributed by atoms with E-state index in [2.05, 4.69) is 14.8 Å². The van der Waals surface area contributed by atoms with Crippen LogP contribution in [-0.4, -0.2) is 66.6 Å². The maximum atomic E-state index is 15.9. The first-order chi connectivity index (χ1) is 21.9. The van der Waals surface area contributed by atoms with Gasteiger partial charge in [0.2, 0.25) is 5.91 Å². The van der Waals surface area contributed by atoms with Crippen molar-refractivity contribution in [1.82, 2.24) is 9.55 Å². The molecule has 2 aliphatic rings. The Bertz CT molecular complexity index is 1690. The van der Waals surface area contributed by atoms with Gasteiger partial charge in [-0.2, -0.15) is 0 Å². The topological polar surface area (TPSA) is 115 Å². The van der Waals surface area contributed by atoms with Gasteiger partial charge in [0.05, 0.1) is 35.4 Å². The van der Waals surface area contributed by atoms with Crippen LogP contribution >= 0.6 is 0 Å². The molecule has 0 atom stereocenters. The van der Waals surface area contributed by atoms with Crippen molar-refractivity contribution < 1.29 is 33.3 Å². The maximum Gasteiger partial charge on any atom is 0.335 e. The molecule has 0 unspecified atom stereocenters. The lowest BCUT2D eigenvalue weighted by Gasteiger charge is -2.31. The van der Waals surface area contributed by atoms with E-state index < -0.39 is 11.8 Å². The fourth-order valence-electron chi connectivity index (χ4n) is 6.28. The van der Waals surface area contributed by atoms with Crippen molar-refractivity contribution in [3.63, 3.8) is 0 Å². The van der Waals surface area contributed by atoms with E-state index in [1.54, 1.807) is 30.3 Å². The van der Waals surface area contributed by atoms with Gasteiger partial charge in [-0.05, 0) is 61.4 Å². The number of imidazole rings is 1. The van der Waals surface area contributed by atoms with Crippen molar-refractivity contribution in [2.75, 3.05) is 50.2 Å². The SMILES string of the molecule is COCC(=O)Nc1ccc(N2CCOCC2)c(COc2ccc(-c3nc4cc(C(=O)O)ccc4n3C3CCCCC3)c(F)c2)c1. The number of hydrogen-bond acceptors (Lipinski definition) is 7. The number of methoxy groups -OCH3 is 1. The molecule has 1 saturated carbocycles. The largest absolute Gasteiger partial charge is 0.489 e. The van der Waals surface area contributed by atoms with Gasteiger partial charge in [-0.25, -0.2) is 14.2 Å². The van der Waals surface area contributed by atoms with E-state index in [1.807, 2.05) is 18.2 Å². The number of amides is 1. The first-order valence-corrected chi connectivity index (χ1v) is 15.3. The zero-order valence-corrected chi connectivity index (χ0v) is 25.3. The minimum Gasteiger partial charge on any atom is -0.489 e. The Kier molecular flexibility index (Phi) is 9.27. The number of nitrogens with zero attached hydrogens (tertiary/aromatic N) is 3. The number of ether oxygens (including phenoxy) is 3. The number of aromatic carboxylic acids is 1. The van der Waals surface area contributed by atoms with E-state index in [0.29, 0.717) is 41.6 Å². The monoisotopic (exact) mass is 616 g/mol. The Balaban J connectivity index is 1.29. The zero-order valence-electron chi connectivity index (χ0n) is 25.3. The van der Waals surface area contributed by atoms with Crippen LogP contribution in [0.3, 0.4) is 0 Å². The second-order valence-electron chi connectivity index (χ2n) is 11.5. The number of rotatable bonds is 10. The third-order valence-electron chi connectivity index (χ3n) is 8.44. The smallest absolute Gasteiger partial charge is 0.335 e. The Hall–Kier alpha value is -4.48. The lowest BCUT2D eigenvalue weighted by Crippen LogP contribution is -2.36. The molecule has 10 nitrogen and oxygen atoms in total. The lowest BCUT2D eigenvalue weighted by molar-refractivity contribution is -0.119. The highest BCUT2D eigenvalue weighted by Crippen LogP contribution is 2.38. The van der Waals surface area contributed by atoms with Crippen molar-refractivity contribution in [2.24, 2.45) is 0 Å². The van der Waals surface area contributed by atoms with Crippen LogP contribution in [0.5, 0.6) is 5.75 Å². The highest BCUT2D eigenvalue weighted by Gasteiger charge is 2.25. The summed E-state index contributed by atoms with van der Waals surface area (Å²) in [5.74, 6) is -0.936. The summed E-state index contributed by atoms with van der Waals surface area (Å²) < 4.78 is 34.5. The lowest BCUT2D eigenvalue weighted by atomic mass is 9.94. The van der Waals surface area contributed by atoms with E-state index in [9.17, 15) is 14.7 Å². The summed E-state index contributed by atoms with van der Waals surface area (Å²) in [5.41, 5.74) is 4.22. The second kappa shape index (κ2) is 13.7. The van der Waals surface area contributed by atoms with Gasteiger partial charge in [-0.3, -0.25) is 4.79 Å². The molecule has 1 saturated heterocycles. The third-order valence-corrected chi connectivity index (χ3v) is 8.44. The molecule has 3 aromatic carbocycles. The number of halogens is 1. The summed E-state index contributed by atoms with van der Waals surface area (Å²) >= 11 is 0. The van der Waals surface area contributed by atoms with Gasteiger partial charge in [0.15, 0.2) is 0 Å². The van der Waals surface area contributed by atoms with Crippen molar-refractivity contribution in [3.05, 3.63) is 71.5 Å². The summed E-state index contributed by atoms with van der Waals surface area (Å²) in [6, 6.07) is 15.5. The molecule has 6 rings (SSSR count). The number of benzene rings is 3. The fraction of sp³-hybridized carbons (Fsp3) is 0.382. The highest BCUT2D eigenvalue weighted by molar-refractivity contribution is 5.93. The van der Waals surface area contributed by atoms with Crippen molar-refractivity contribution in [1.29, 1.82) is 0 Å². The molecule has 236 valence electrons. The molecule has 0 spiro atoms. The standard InChI is InChI=1S/C34H37FN4O6/c1-43-21-32(40)36-24-8-12-30(38-13-15-44-16-14-38)23(17-24)20-45-26-9-10-27(28(35)19-26)33-37-29-18-22(34(41)42)7-11-31(29)39(33)25-5-3-2-4-6-25/h7-12,17-19,25H,2-6,13-16,20-21H2,1H3,(H,36,40)(H,41,42). The zero-order chi connectivity index (χ0) is 31.3. The molecule has 1 amide bonds. The van der Waals surface area contributed by atoms with Gasteiger partial charge in [0.25, 0.3) is 0 Å². The molecule has 4 aromatic rings. The average Bonchev–Trinajstić information content (AvgIpc) is 3.43. The van der Waals surface area contributed by atoms with Gasteiger partial charge < -0.3 is 34.1 Å². The van der Waals surface area contributed by atoms with Gasteiger partial charge in [-0.1, -0.05) is 19.3 Å². The van der Waals surface area contributed by atoms with E-state index in [-0.39, 0.29) is 30.7 Å². The molecule has 45 heavy (non-hydrogen) atoms. The summed E-state index contributed by atoms with van der Waals surface area (Å²) in [6.45, 7) is 2.77. The highest BCUT2D eigenvalue weighted by atomic mass is 19.1. The summed E-state index contributed by atoms with van der Waals surface area (Å²) in [5, 5.41) is 12.4. The number of nitrogens with one attached hydrogen (secondary N) is 1. The molecular weight excluding hydrogens is 579 g/mol. The number of carboxylic acid groups (broad SMARTS) is 1. The van der Waals surface area contributed by atoms with E-state index in [4.69, 9.17) is 19.2 Å². The van der Waals surface area contributed by atoms with Gasteiger partial charge in [0.1, 0.15) is 30.6 Å². The van der Waals surface area contributed by atoms with Crippen LogP contribution in [0.25, 0.3) is 22.4 Å². The fourth-order valence-corrected chi connectivity index (χ4v) is 6.28. The van der Waals surface area contributed by atoms with Crippen LogP contribution in [0.1, 0.15) is 54.1 Å². The molecule has 2 N–H and O–H groups in total. The van der Waals surface area contributed by atoms with E-state index in [1.165, 1.54) is 13.2 Å². The number of morpholine rings is 1. The molecule has 11 heteroatoms. The first-order valence-electron chi connectivity index (χ1n) is 15.3. The minimum absolute atomic E-state index is 0.0576. The number of aromatic nitrogens is 2. The Labute approximate surface area is 260 Å². The molecule has 2 fully saturated rings. The molecule has 0 radical (unpaired) electrons. The van der Waals surface area contributed by atoms with Crippen LogP contribution in [-0.2, 0) is 20.9 Å². The third kappa shape index (κ3) is 6.79. The Morgan fingerprint density at radius 2 is 1.84 bits per heavy atom. The van der Waals surface area contributed by atoms with Crippen LogP contribution in [0.4, 0.5) is 15.8 Å². The number of carbonyl (C=O) groups excluding carboxylic acids is 1. The van der Waals surface area contributed by atoms with Gasteiger partial charge in [-0.15, -0.1) is 0 Å². The van der Waals surface area contributed by atoms with E-state index in [0.717, 1.165) is 62.0 Å². The van der Waals surface area contributed by atoms with Crippen molar-refractivity contribution in [2.45, 2.75) is 44.8 Å². The van der Waals surface area contributed by atoms with Crippen molar-refractivity contribution in [3.8, 4) is 17.1 Å². The normalized spacial score (nSPS) is 15.7. The second-order valence-corrected chi connectivity index (χ2v) is 11.5. The Morgan fingerprint density at radius 3 is 2.58 bits per heavy atom. The predicted molar refractivity (Wildman–Crippen MR) is 169 cm³/mol. The number of fused-ring (bicyclic) bond motifs is 1. The predicted octanol–water partition coefficient (Wildman–Crippen LogP) is 6.05. The Morgan fingerprint density at radius 1 is 1.04 bits per heavy atom. The molecule has 0 bridgehead atoms. The van der Waals surface area contributed by atoms with Crippen LogP contribution in [0.15, 0.2) is 54.6 Å². The molecule has 1 aliphatic heterocycles. The summed E-state index contributed by atoms with van der Waals surface area (Å²) in [6.07, 6.45) is 5.24. The van der Waals surface area contributed by atoms with E-state index >= 15 is 4.39 Å². The van der Waals surface area contributed by atoms with Gasteiger partial charge >= 0.3 is 5.97 Å². The van der Waals surface area contributed by atoms with Gasteiger partial charge in [0, 0.05) is 49.2 Å². The van der Waals surface area contributed by atoms with Crippen LogP contribution < -0.4 is 15.0 Å². The molecule has 1 aromatic heterocycles. The molecule has 2 heterocycles. The van der Waals surface area contributed by atoms with Crippen molar-refractivity contribution >= 4 is 34.3 Å². The maximum absolute atomic E-state index is 15.9. The minimum atomic E-state index is -1.03. The first kappa shape index (κ1) is 30.5. The van der Waals surface area contributed by atoms with Crippen LogP contribution in [0, 0.1) is 5.82 Å².